The molecule has 1 amide bonds. The summed E-state index contributed by atoms with van der Waals surface area (Å²) in [6.07, 6.45) is 0.215. The fraction of sp³-hybridized carbons (Fsp3) is 0.364. The minimum atomic E-state index is -3.94. The summed E-state index contributed by atoms with van der Waals surface area (Å²) in [4.78, 5) is 11.7. The Bertz CT molecular complexity index is 514. The fourth-order valence-electron chi connectivity index (χ4n) is 1.38. The number of carbonyl (C=O) groups is 1. The molecule has 0 saturated carbocycles. The van der Waals surface area contributed by atoms with Crippen LogP contribution in [-0.2, 0) is 10.1 Å². The number of nitrogens with one attached hydrogen (secondary N) is 2. The molecule has 100 valence electrons. The first-order chi connectivity index (χ1) is 8.40. The molecule has 0 atom stereocenters. The van der Waals surface area contributed by atoms with Crippen molar-refractivity contribution >= 4 is 16.0 Å². The maximum atomic E-state index is 11.7. The molecular formula is C11H16N2O4S. The van der Waals surface area contributed by atoms with Gasteiger partial charge in [0, 0.05) is 12.1 Å². The molecule has 0 aliphatic heterocycles. The largest absolute Gasteiger partial charge is 0.287 e. The molecule has 3 N–H and O–H groups in total. The van der Waals surface area contributed by atoms with Gasteiger partial charge in [0.2, 0.25) is 0 Å². The Hall–Kier alpha value is -1.44. The van der Waals surface area contributed by atoms with Crippen molar-refractivity contribution in [3.05, 3.63) is 35.4 Å². The van der Waals surface area contributed by atoms with E-state index in [1.54, 1.807) is 12.1 Å². The summed E-state index contributed by atoms with van der Waals surface area (Å²) < 4.78 is 29.4. The Morgan fingerprint density at radius 2 is 2.00 bits per heavy atom. The monoisotopic (exact) mass is 272 g/mol. The lowest BCUT2D eigenvalue weighted by molar-refractivity contribution is 0.0933. The number of hydrogen-bond acceptors (Lipinski definition) is 4. The predicted octanol–water partition coefficient (Wildman–Crippen LogP) is 0.507. The van der Waals surface area contributed by atoms with Gasteiger partial charge >= 0.3 is 0 Å². The zero-order valence-corrected chi connectivity index (χ0v) is 10.8. The van der Waals surface area contributed by atoms with Crippen molar-refractivity contribution in [1.82, 2.24) is 10.9 Å². The van der Waals surface area contributed by atoms with E-state index in [1.165, 1.54) is 0 Å². The Kier molecular flexibility index (Phi) is 5.26. The topological polar surface area (TPSA) is 95.5 Å². The third-order valence-electron chi connectivity index (χ3n) is 2.30. The number of benzene rings is 1. The first-order valence-electron chi connectivity index (χ1n) is 5.44. The summed E-state index contributed by atoms with van der Waals surface area (Å²) in [7, 11) is -3.94. The number of carbonyl (C=O) groups excluding carboxylic acids is 1. The zero-order valence-electron chi connectivity index (χ0n) is 10.0. The van der Waals surface area contributed by atoms with E-state index in [2.05, 4.69) is 10.9 Å². The molecule has 1 rings (SSSR count). The lowest BCUT2D eigenvalue weighted by atomic mass is 10.1. The third kappa shape index (κ3) is 5.26. The van der Waals surface area contributed by atoms with Crippen LogP contribution < -0.4 is 10.9 Å². The highest BCUT2D eigenvalue weighted by molar-refractivity contribution is 7.85. The number of amides is 1. The average molecular weight is 272 g/mol. The molecule has 6 nitrogen and oxygen atoms in total. The van der Waals surface area contributed by atoms with Crippen molar-refractivity contribution in [2.75, 3.05) is 12.3 Å². The summed E-state index contributed by atoms with van der Waals surface area (Å²) in [5.41, 5.74) is 6.48. The SMILES string of the molecule is Cc1ccccc1C(=O)NNCCCS(=O)(=O)O. The second-order valence-electron chi connectivity index (χ2n) is 3.84. The Balaban J connectivity index is 2.33. The van der Waals surface area contributed by atoms with Crippen molar-refractivity contribution in [3.8, 4) is 0 Å². The quantitative estimate of drug-likeness (QED) is 0.398. The molecule has 18 heavy (non-hydrogen) atoms. The van der Waals surface area contributed by atoms with Crippen LogP contribution >= 0.6 is 0 Å². The van der Waals surface area contributed by atoms with Crippen LogP contribution in [0.4, 0.5) is 0 Å². The minimum Gasteiger partial charge on any atom is -0.287 e. The van der Waals surface area contributed by atoms with E-state index in [4.69, 9.17) is 4.55 Å². The molecule has 0 fully saturated rings. The summed E-state index contributed by atoms with van der Waals surface area (Å²) >= 11 is 0. The molecular weight excluding hydrogens is 256 g/mol. The highest BCUT2D eigenvalue weighted by Crippen LogP contribution is 2.05. The van der Waals surface area contributed by atoms with Gasteiger partial charge in [-0.1, -0.05) is 18.2 Å². The van der Waals surface area contributed by atoms with Gasteiger partial charge < -0.3 is 0 Å². The first kappa shape index (κ1) is 14.6. The van der Waals surface area contributed by atoms with Gasteiger partial charge in [0.25, 0.3) is 16.0 Å². The van der Waals surface area contributed by atoms with Crippen molar-refractivity contribution in [1.29, 1.82) is 0 Å². The lowest BCUT2D eigenvalue weighted by Gasteiger charge is -2.08. The van der Waals surface area contributed by atoms with Gasteiger partial charge in [-0.2, -0.15) is 8.42 Å². The number of hydrazine groups is 1. The molecule has 0 radical (unpaired) electrons. The molecule has 0 heterocycles. The first-order valence-corrected chi connectivity index (χ1v) is 7.05. The van der Waals surface area contributed by atoms with Crippen molar-refractivity contribution in [2.24, 2.45) is 0 Å². The summed E-state index contributed by atoms with van der Waals surface area (Å²) in [5, 5.41) is 0. The third-order valence-corrected chi connectivity index (χ3v) is 3.10. The smallest absolute Gasteiger partial charge is 0.265 e. The molecule has 0 aromatic heterocycles. The maximum Gasteiger partial charge on any atom is 0.265 e. The Morgan fingerprint density at radius 1 is 1.33 bits per heavy atom. The highest BCUT2D eigenvalue weighted by Gasteiger charge is 2.07. The maximum absolute atomic E-state index is 11.7. The van der Waals surface area contributed by atoms with Crippen LogP contribution in [0, 0.1) is 6.92 Å². The van der Waals surface area contributed by atoms with Gasteiger partial charge in [0.1, 0.15) is 0 Å². The molecule has 1 aromatic carbocycles. The van der Waals surface area contributed by atoms with E-state index in [9.17, 15) is 13.2 Å². The second kappa shape index (κ2) is 6.48. The van der Waals surface area contributed by atoms with Gasteiger partial charge in [0.05, 0.1) is 5.75 Å². The average Bonchev–Trinajstić information content (AvgIpc) is 2.27. The van der Waals surface area contributed by atoms with Crippen LogP contribution in [0.1, 0.15) is 22.3 Å². The normalized spacial score (nSPS) is 11.2. The van der Waals surface area contributed by atoms with Crippen molar-refractivity contribution < 1.29 is 17.8 Å². The molecule has 0 saturated heterocycles. The number of rotatable bonds is 6. The van der Waals surface area contributed by atoms with Crippen LogP contribution in [0.25, 0.3) is 0 Å². The Morgan fingerprint density at radius 3 is 2.61 bits per heavy atom. The van der Waals surface area contributed by atoms with Gasteiger partial charge in [-0.05, 0) is 25.0 Å². The number of hydrogen-bond donors (Lipinski definition) is 3. The molecule has 1 aromatic rings. The highest BCUT2D eigenvalue weighted by atomic mass is 32.2. The van der Waals surface area contributed by atoms with Crippen LogP contribution in [-0.4, -0.2) is 31.2 Å². The molecule has 0 unspecified atom stereocenters. The second-order valence-corrected chi connectivity index (χ2v) is 5.41. The van der Waals surface area contributed by atoms with Crippen molar-refractivity contribution in [3.63, 3.8) is 0 Å². The van der Waals surface area contributed by atoms with Crippen LogP contribution in [0.5, 0.6) is 0 Å². The summed E-state index contributed by atoms with van der Waals surface area (Å²) in [5.74, 6) is -0.611. The molecule has 0 spiro atoms. The standard InChI is InChI=1S/C11H16N2O4S/c1-9-5-2-3-6-10(9)11(14)13-12-7-4-8-18(15,16)17/h2-3,5-6,12H,4,7-8H2,1H3,(H,13,14)(H,15,16,17). The molecule has 0 aliphatic carbocycles. The van der Waals surface area contributed by atoms with Crippen LogP contribution in [0.15, 0.2) is 24.3 Å². The molecule has 0 bridgehead atoms. The summed E-state index contributed by atoms with van der Waals surface area (Å²) in [6.45, 7) is 2.09. The van der Waals surface area contributed by atoms with E-state index in [1.807, 2.05) is 19.1 Å². The molecule has 0 aliphatic rings. The molecule has 7 heteroatoms. The van der Waals surface area contributed by atoms with E-state index in [-0.39, 0.29) is 24.6 Å². The van der Waals surface area contributed by atoms with Gasteiger partial charge in [-0.25, -0.2) is 5.43 Å². The Labute approximate surface area is 106 Å². The van der Waals surface area contributed by atoms with E-state index >= 15 is 0 Å². The van der Waals surface area contributed by atoms with Gasteiger partial charge in [-0.3, -0.25) is 14.8 Å². The van der Waals surface area contributed by atoms with Gasteiger partial charge in [-0.15, -0.1) is 0 Å². The van der Waals surface area contributed by atoms with E-state index in [0.717, 1.165) is 5.56 Å². The van der Waals surface area contributed by atoms with Gasteiger partial charge in [0.15, 0.2) is 0 Å². The zero-order chi connectivity index (χ0) is 13.6. The number of aryl methyl sites for hydroxylation is 1. The summed E-state index contributed by atoms with van der Waals surface area (Å²) in [6, 6.07) is 7.13. The predicted molar refractivity (Wildman–Crippen MR) is 67.7 cm³/mol. The minimum absolute atomic E-state index is 0.215. The van der Waals surface area contributed by atoms with E-state index < -0.39 is 10.1 Å². The lowest BCUT2D eigenvalue weighted by Crippen LogP contribution is -2.38. The fourth-order valence-corrected chi connectivity index (χ4v) is 1.89. The van der Waals surface area contributed by atoms with Crippen LogP contribution in [0.3, 0.4) is 0 Å². The van der Waals surface area contributed by atoms with E-state index in [0.29, 0.717) is 5.56 Å². The van der Waals surface area contributed by atoms with Crippen molar-refractivity contribution in [2.45, 2.75) is 13.3 Å². The van der Waals surface area contributed by atoms with Crippen LogP contribution in [0.2, 0.25) is 0 Å².